The third-order valence-electron chi connectivity index (χ3n) is 5.52. The summed E-state index contributed by atoms with van der Waals surface area (Å²) in [6.45, 7) is 4.81. The van der Waals surface area contributed by atoms with Crippen LogP contribution in [-0.4, -0.2) is 64.8 Å². The average molecular weight is 398 g/mol. The van der Waals surface area contributed by atoms with Crippen molar-refractivity contribution < 1.29 is 9.53 Å². The predicted molar refractivity (Wildman–Crippen MR) is 108 cm³/mol. The molecule has 0 bridgehead atoms. The normalized spacial score (nSPS) is 20.2. The fraction of sp³-hybridized carbons (Fsp3) is 0.450. The topological polar surface area (TPSA) is 63.0 Å². The largest absolute Gasteiger partial charge is 0.378 e. The number of likely N-dealkylation sites (tertiary alicyclic amines) is 1. The maximum atomic E-state index is 12.6. The molecule has 2 saturated heterocycles. The minimum atomic E-state index is 0.198. The highest BCUT2D eigenvalue weighted by atomic mass is 32.1. The Bertz CT molecular complexity index is 964. The third-order valence-corrected chi connectivity index (χ3v) is 6.40. The van der Waals surface area contributed by atoms with Crippen molar-refractivity contribution in [1.82, 2.24) is 19.5 Å². The lowest BCUT2D eigenvalue weighted by Gasteiger charge is -2.28. The molecule has 2 aliphatic rings. The molecule has 3 aromatic heterocycles. The van der Waals surface area contributed by atoms with E-state index >= 15 is 0 Å². The molecule has 28 heavy (non-hydrogen) atoms. The van der Waals surface area contributed by atoms with E-state index in [2.05, 4.69) is 11.0 Å². The van der Waals surface area contributed by atoms with E-state index in [0.717, 1.165) is 61.3 Å². The van der Waals surface area contributed by atoms with Gasteiger partial charge in [-0.15, -0.1) is 11.3 Å². The molecule has 146 valence electrons. The molecule has 1 unspecified atom stereocenters. The van der Waals surface area contributed by atoms with Gasteiger partial charge in [-0.3, -0.25) is 4.79 Å². The van der Waals surface area contributed by atoms with Crippen LogP contribution in [0.15, 0.2) is 35.8 Å². The van der Waals surface area contributed by atoms with Crippen LogP contribution < -0.4 is 4.90 Å². The van der Waals surface area contributed by atoms with Gasteiger partial charge in [0.25, 0.3) is 0 Å². The molecule has 0 aliphatic carbocycles. The fourth-order valence-electron chi connectivity index (χ4n) is 3.94. The quantitative estimate of drug-likeness (QED) is 0.675. The van der Waals surface area contributed by atoms with E-state index in [4.69, 9.17) is 14.8 Å². The van der Waals surface area contributed by atoms with Gasteiger partial charge in [0, 0.05) is 37.0 Å². The fourth-order valence-corrected chi connectivity index (χ4v) is 4.64. The molecular weight excluding hydrogens is 374 g/mol. The molecule has 1 atom stereocenters. The van der Waals surface area contributed by atoms with Gasteiger partial charge in [-0.2, -0.15) is 5.10 Å². The number of carbonyl (C=O) groups excluding carboxylic acids is 1. The summed E-state index contributed by atoms with van der Waals surface area (Å²) >= 11 is 1.64. The van der Waals surface area contributed by atoms with Gasteiger partial charge in [0.05, 0.1) is 31.5 Å². The molecule has 2 aliphatic heterocycles. The zero-order chi connectivity index (χ0) is 18.9. The number of pyridine rings is 1. The number of fused-ring (bicyclic) bond motifs is 1. The van der Waals surface area contributed by atoms with E-state index in [1.807, 2.05) is 39.2 Å². The Balaban J connectivity index is 1.29. The van der Waals surface area contributed by atoms with Crippen molar-refractivity contribution in [2.75, 3.05) is 44.3 Å². The Hall–Kier alpha value is -2.45. The number of hydrogen-bond acceptors (Lipinski definition) is 6. The summed E-state index contributed by atoms with van der Waals surface area (Å²) in [4.78, 5) is 22.7. The smallest absolute Gasteiger partial charge is 0.227 e. The van der Waals surface area contributed by atoms with Crippen LogP contribution in [0.2, 0.25) is 0 Å². The van der Waals surface area contributed by atoms with Gasteiger partial charge < -0.3 is 14.5 Å². The zero-order valence-corrected chi connectivity index (χ0v) is 16.5. The monoisotopic (exact) mass is 397 g/mol. The van der Waals surface area contributed by atoms with Crippen molar-refractivity contribution in [3.8, 4) is 0 Å². The Kier molecular flexibility index (Phi) is 4.74. The molecule has 2 fully saturated rings. The molecule has 3 aromatic rings. The molecule has 0 N–H and O–H groups in total. The summed E-state index contributed by atoms with van der Waals surface area (Å²) in [5, 5.41) is 6.75. The van der Waals surface area contributed by atoms with Crippen LogP contribution in [0.1, 0.15) is 23.0 Å². The molecular formula is C20H23N5O2S. The Morgan fingerprint density at radius 2 is 2.11 bits per heavy atom. The lowest BCUT2D eigenvalue weighted by atomic mass is 10.1. The number of rotatable bonds is 4. The van der Waals surface area contributed by atoms with Crippen LogP contribution in [0.3, 0.4) is 0 Å². The van der Waals surface area contributed by atoms with E-state index in [1.54, 1.807) is 11.3 Å². The van der Waals surface area contributed by atoms with Crippen LogP contribution in [0.4, 0.5) is 5.69 Å². The highest BCUT2D eigenvalue weighted by Crippen LogP contribution is 2.27. The second-order valence-corrected chi connectivity index (χ2v) is 8.37. The van der Waals surface area contributed by atoms with Gasteiger partial charge in [-0.25, -0.2) is 9.50 Å². The molecule has 0 saturated carbocycles. The molecule has 1 amide bonds. The standard InChI is InChI=1S/C20H23N5O2S/c26-19(12-17-2-1-11-28-17)24-6-5-15(13-24)20-21-18-4-3-16(14-25(18)22-20)23-7-9-27-10-8-23/h1-4,11,14-15H,5-10,12-13H2. The first-order valence-electron chi connectivity index (χ1n) is 9.75. The van der Waals surface area contributed by atoms with Gasteiger partial charge in [0.1, 0.15) is 0 Å². The van der Waals surface area contributed by atoms with Crippen molar-refractivity contribution >= 4 is 28.6 Å². The summed E-state index contributed by atoms with van der Waals surface area (Å²) in [5.41, 5.74) is 2.00. The van der Waals surface area contributed by atoms with Crippen LogP contribution in [0, 0.1) is 0 Å². The molecule has 0 spiro atoms. The van der Waals surface area contributed by atoms with E-state index in [-0.39, 0.29) is 11.8 Å². The van der Waals surface area contributed by atoms with Crippen molar-refractivity contribution in [3.63, 3.8) is 0 Å². The summed E-state index contributed by atoms with van der Waals surface area (Å²) in [7, 11) is 0. The van der Waals surface area contributed by atoms with Gasteiger partial charge in [0.2, 0.25) is 5.91 Å². The minimum Gasteiger partial charge on any atom is -0.378 e. The second-order valence-electron chi connectivity index (χ2n) is 7.34. The van der Waals surface area contributed by atoms with Crippen molar-refractivity contribution in [3.05, 3.63) is 46.5 Å². The molecule has 0 aromatic carbocycles. The lowest BCUT2D eigenvalue weighted by molar-refractivity contribution is -0.129. The van der Waals surface area contributed by atoms with Gasteiger partial charge in [0.15, 0.2) is 11.5 Å². The molecule has 5 heterocycles. The van der Waals surface area contributed by atoms with E-state index in [1.165, 1.54) is 0 Å². The zero-order valence-electron chi connectivity index (χ0n) is 15.7. The molecule has 5 rings (SSSR count). The number of anilines is 1. The Labute approximate surface area is 167 Å². The predicted octanol–water partition coefficient (Wildman–Crippen LogP) is 2.19. The number of hydrogen-bond donors (Lipinski definition) is 0. The number of thiophene rings is 1. The first-order chi connectivity index (χ1) is 13.8. The Morgan fingerprint density at radius 1 is 1.21 bits per heavy atom. The highest BCUT2D eigenvalue weighted by Gasteiger charge is 2.30. The number of carbonyl (C=O) groups is 1. The molecule has 7 nitrogen and oxygen atoms in total. The number of nitrogens with zero attached hydrogens (tertiary/aromatic N) is 5. The van der Waals surface area contributed by atoms with E-state index in [9.17, 15) is 4.79 Å². The molecule has 0 radical (unpaired) electrons. The van der Waals surface area contributed by atoms with E-state index < -0.39 is 0 Å². The number of aromatic nitrogens is 3. The Morgan fingerprint density at radius 3 is 2.93 bits per heavy atom. The van der Waals surface area contributed by atoms with Crippen LogP contribution in [0.25, 0.3) is 5.65 Å². The van der Waals surface area contributed by atoms with Crippen molar-refractivity contribution in [2.24, 2.45) is 0 Å². The summed E-state index contributed by atoms with van der Waals surface area (Å²) in [5.74, 6) is 1.24. The SMILES string of the molecule is O=C(Cc1cccs1)N1CCC(c2nc3ccc(N4CCOCC4)cn3n2)C1. The molecule has 8 heteroatoms. The maximum Gasteiger partial charge on any atom is 0.227 e. The van der Waals surface area contributed by atoms with Crippen LogP contribution in [-0.2, 0) is 16.0 Å². The summed E-state index contributed by atoms with van der Waals surface area (Å²) in [6.07, 6.45) is 3.46. The van der Waals surface area contributed by atoms with Gasteiger partial charge in [-0.1, -0.05) is 6.07 Å². The summed E-state index contributed by atoms with van der Waals surface area (Å²) in [6, 6.07) is 8.14. The first kappa shape index (κ1) is 17.6. The maximum absolute atomic E-state index is 12.6. The van der Waals surface area contributed by atoms with Crippen molar-refractivity contribution in [2.45, 2.75) is 18.8 Å². The highest BCUT2D eigenvalue weighted by molar-refractivity contribution is 7.10. The summed E-state index contributed by atoms with van der Waals surface area (Å²) < 4.78 is 7.31. The van der Waals surface area contributed by atoms with Crippen LogP contribution >= 0.6 is 11.3 Å². The first-order valence-corrected chi connectivity index (χ1v) is 10.6. The number of ether oxygens (including phenoxy) is 1. The number of amides is 1. The average Bonchev–Trinajstić information content (AvgIpc) is 3.47. The minimum absolute atomic E-state index is 0.198. The third kappa shape index (κ3) is 3.49. The van der Waals surface area contributed by atoms with E-state index in [0.29, 0.717) is 13.0 Å². The van der Waals surface area contributed by atoms with Gasteiger partial charge in [-0.05, 0) is 30.0 Å². The van der Waals surface area contributed by atoms with Crippen molar-refractivity contribution in [1.29, 1.82) is 0 Å². The number of morpholine rings is 1. The van der Waals surface area contributed by atoms with Crippen LogP contribution in [0.5, 0.6) is 0 Å². The van der Waals surface area contributed by atoms with Gasteiger partial charge >= 0.3 is 0 Å². The lowest BCUT2D eigenvalue weighted by Crippen LogP contribution is -2.36. The second kappa shape index (κ2) is 7.52.